The van der Waals surface area contributed by atoms with Gasteiger partial charge in [0.05, 0.1) is 6.07 Å². The molecule has 18 heavy (non-hydrogen) atoms. The van der Waals surface area contributed by atoms with Crippen molar-refractivity contribution in [2.24, 2.45) is 5.92 Å². The zero-order valence-electron chi connectivity index (χ0n) is 10.1. The van der Waals surface area contributed by atoms with Crippen molar-refractivity contribution in [3.63, 3.8) is 0 Å². The first-order valence-electron chi connectivity index (χ1n) is 6.14. The van der Waals surface area contributed by atoms with Crippen molar-refractivity contribution in [2.45, 2.75) is 12.2 Å². The standard InChI is InChI=1S/C11H17F3N4/c12-11(13,14)9(5-15)6-17-7-10(8-17)18-3-1-16-2-4-18/h9-10,16H,1-4,6-8H2. The summed E-state index contributed by atoms with van der Waals surface area (Å²) >= 11 is 0. The van der Waals surface area contributed by atoms with Crippen LogP contribution in [-0.4, -0.2) is 67.8 Å². The van der Waals surface area contributed by atoms with Crippen LogP contribution in [0.2, 0.25) is 0 Å². The lowest BCUT2D eigenvalue weighted by molar-refractivity contribution is -0.167. The van der Waals surface area contributed by atoms with Gasteiger partial charge in [0.1, 0.15) is 0 Å². The van der Waals surface area contributed by atoms with Gasteiger partial charge in [-0.1, -0.05) is 0 Å². The number of rotatable bonds is 3. The monoisotopic (exact) mass is 262 g/mol. The fraction of sp³-hybridized carbons (Fsp3) is 0.909. The van der Waals surface area contributed by atoms with Gasteiger partial charge >= 0.3 is 6.18 Å². The molecule has 1 atom stereocenters. The Labute approximate surface area is 104 Å². The Morgan fingerprint density at radius 2 is 1.89 bits per heavy atom. The fourth-order valence-corrected chi connectivity index (χ4v) is 2.45. The van der Waals surface area contributed by atoms with E-state index in [0.717, 1.165) is 26.2 Å². The van der Waals surface area contributed by atoms with Crippen molar-refractivity contribution in [1.29, 1.82) is 5.26 Å². The van der Waals surface area contributed by atoms with Crippen LogP contribution < -0.4 is 5.32 Å². The number of hydrogen-bond acceptors (Lipinski definition) is 4. The van der Waals surface area contributed by atoms with E-state index in [1.165, 1.54) is 6.07 Å². The maximum Gasteiger partial charge on any atom is 0.405 e. The van der Waals surface area contributed by atoms with Crippen molar-refractivity contribution < 1.29 is 13.2 Å². The van der Waals surface area contributed by atoms with Crippen LogP contribution >= 0.6 is 0 Å². The third-order valence-corrected chi connectivity index (χ3v) is 3.60. The van der Waals surface area contributed by atoms with E-state index in [0.29, 0.717) is 19.1 Å². The summed E-state index contributed by atoms with van der Waals surface area (Å²) in [7, 11) is 0. The van der Waals surface area contributed by atoms with Gasteiger partial charge in [-0.25, -0.2) is 0 Å². The number of nitriles is 1. The number of alkyl halides is 3. The molecule has 0 aromatic heterocycles. The predicted octanol–water partition coefficient (Wildman–Crippen LogP) is 0.278. The van der Waals surface area contributed by atoms with E-state index < -0.39 is 12.1 Å². The number of nitrogens with zero attached hydrogens (tertiary/aromatic N) is 3. The Morgan fingerprint density at radius 1 is 1.28 bits per heavy atom. The quantitative estimate of drug-likeness (QED) is 0.793. The van der Waals surface area contributed by atoms with E-state index in [-0.39, 0.29) is 6.54 Å². The van der Waals surface area contributed by atoms with Crippen LogP contribution in [0.5, 0.6) is 0 Å². The number of likely N-dealkylation sites (tertiary alicyclic amines) is 1. The fourth-order valence-electron chi connectivity index (χ4n) is 2.45. The van der Waals surface area contributed by atoms with E-state index in [2.05, 4.69) is 10.2 Å². The molecule has 2 aliphatic rings. The average molecular weight is 262 g/mol. The molecule has 0 aliphatic carbocycles. The van der Waals surface area contributed by atoms with Crippen molar-refractivity contribution >= 4 is 0 Å². The molecule has 0 bridgehead atoms. The Bertz CT molecular complexity index is 313. The Kier molecular flexibility index (Phi) is 4.10. The van der Waals surface area contributed by atoms with Crippen LogP contribution in [0, 0.1) is 17.2 Å². The normalized spacial score (nSPS) is 25.4. The lowest BCUT2D eigenvalue weighted by Crippen LogP contribution is -2.63. The number of hydrogen-bond donors (Lipinski definition) is 1. The molecule has 4 nitrogen and oxygen atoms in total. The lowest BCUT2D eigenvalue weighted by atomic mass is 10.0. The van der Waals surface area contributed by atoms with Gasteiger partial charge in [-0.3, -0.25) is 9.80 Å². The molecular formula is C11H17F3N4. The van der Waals surface area contributed by atoms with Gasteiger partial charge in [0, 0.05) is 51.9 Å². The van der Waals surface area contributed by atoms with E-state index in [4.69, 9.17) is 5.26 Å². The van der Waals surface area contributed by atoms with E-state index in [1.807, 2.05) is 0 Å². The third-order valence-electron chi connectivity index (χ3n) is 3.60. The van der Waals surface area contributed by atoms with E-state index in [1.54, 1.807) is 4.90 Å². The highest BCUT2D eigenvalue weighted by atomic mass is 19.4. The van der Waals surface area contributed by atoms with Crippen LogP contribution in [0.4, 0.5) is 13.2 Å². The first kappa shape index (κ1) is 13.6. The summed E-state index contributed by atoms with van der Waals surface area (Å²) in [6.45, 7) is 4.91. The van der Waals surface area contributed by atoms with Crippen LogP contribution in [-0.2, 0) is 0 Å². The molecule has 1 unspecified atom stereocenters. The van der Waals surface area contributed by atoms with Crippen LogP contribution in [0.3, 0.4) is 0 Å². The minimum Gasteiger partial charge on any atom is -0.314 e. The second-order valence-corrected chi connectivity index (χ2v) is 4.88. The molecule has 0 saturated carbocycles. The number of piperazine rings is 1. The zero-order chi connectivity index (χ0) is 13.2. The molecule has 2 aliphatic heterocycles. The van der Waals surface area contributed by atoms with Crippen LogP contribution in [0.15, 0.2) is 0 Å². The van der Waals surface area contributed by atoms with E-state index in [9.17, 15) is 13.2 Å². The van der Waals surface area contributed by atoms with Gasteiger partial charge in [-0.15, -0.1) is 0 Å². The maximum atomic E-state index is 12.4. The van der Waals surface area contributed by atoms with Gasteiger partial charge in [0.15, 0.2) is 5.92 Å². The molecule has 102 valence electrons. The van der Waals surface area contributed by atoms with Gasteiger partial charge in [0.2, 0.25) is 0 Å². The van der Waals surface area contributed by atoms with Crippen LogP contribution in [0.1, 0.15) is 0 Å². The third kappa shape index (κ3) is 3.13. The smallest absolute Gasteiger partial charge is 0.314 e. The summed E-state index contributed by atoms with van der Waals surface area (Å²) in [5.74, 6) is -1.86. The highest BCUT2D eigenvalue weighted by Crippen LogP contribution is 2.28. The van der Waals surface area contributed by atoms with Gasteiger partial charge in [0.25, 0.3) is 0 Å². The molecule has 0 spiro atoms. The molecule has 0 aromatic carbocycles. The Hall–Kier alpha value is -0.840. The molecular weight excluding hydrogens is 245 g/mol. The largest absolute Gasteiger partial charge is 0.405 e. The van der Waals surface area contributed by atoms with E-state index >= 15 is 0 Å². The highest BCUT2D eigenvalue weighted by molar-refractivity contribution is 4.96. The molecule has 1 N–H and O–H groups in total. The minimum absolute atomic E-state index is 0.192. The van der Waals surface area contributed by atoms with Gasteiger partial charge in [-0.2, -0.15) is 18.4 Å². The summed E-state index contributed by atoms with van der Waals surface area (Å²) in [4.78, 5) is 4.02. The van der Waals surface area contributed by atoms with Crippen molar-refractivity contribution in [3.05, 3.63) is 0 Å². The maximum absolute atomic E-state index is 12.4. The van der Waals surface area contributed by atoms with Gasteiger partial charge in [-0.05, 0) is 0 Å². The molecule has 7 heteroatoms. The molecule has 0 aromatic rings. The van der Waals surface area contributed by atoms with Crippen molar-refractivity contribution in [3.8, 4) is 6.07 Å². The number of nitrogens with one attached hydrogen (secondary N) is 1. The average Bonchev–Trinajstić information content (AvgIpc) is 2.27. The molecule has 2 rings (SSSR count). The minimum atomic E-state index is -4.41. The SMILES string of the molecule is N#CC(CN1CC(N2CCNCC2)C1)C(F)(F)F. The first-order chi connectivity index (χ1) is 8.50. The second-order valence-electron chi connectivity index (χ2n) is 4.88. The highest BCUT2D eigenvalue weighted by Gasteiger charge is 2.43. The predicted molar refractivity (Wildman–Crippen MR) is 59.8 cm³/mol. The topological polar surface area (TPSA) is 42.3 Å². The van der Waals surface area contributed by atoms with Gasteiger partial charge < -0.3 is 5.32 Å². The second kappa shape index (κ2) is 5.43. The summed E-state index contributed by atoms with van der Waals surface area (Å²) < 4.78 is 37.3. The van der Waals surface area contributed by atoms with Crippen molar-refractivity contribution in [2.75, 3.05) is 45.8 Å². The zero-order valence-corrected chi connectivity index (χ0v) is 10.1. The molecule has 2 saturated heterocycles. The summed E-state index contributed by atoms with van der Waals surface area (Å²) in [6.07, 6.45) is -4.41. The first-order valence-corrected chi connectivity index (χ1v) is 6.14. The van der Waals surface area contributed by atoms with Crippen molar-refractivity contribution in [1.82, 2.24) is 15.1 Å². The summed E-state index contributed by atoms with van der Waals surface area (Å²) in [5.41, 5.74) is 0. The Balaban J connectivity index is 1.74. The molecule has 0 radical (unpaired) electrons. The number of halogens is 3. The summed E-state index contributed by atoms with van der Waals surface area (Å²) in [5, 5.41) is 11.8. The Morgan fingerprint density at radius 3 is 2.39 bits per heavy atom. The van der Waals surface area contributed by atoms with Crippen LogP contribution in [0.25, 0.3) is 0 Å². The lowest BCUT2D eigenvalue weighted by Gasteiger charge is -2.47. The molecule has 2 fully saturated rings. The molecule has 0 amide bonds. The molecule has 2 heterocycles. The summed E-state index contributed by atoms with van der Waals surface area (Å²) in [6, 6.07) is 1.71.